The maximum absolute atomic E-state index is 11.6. The molecule has 0 amide bonds. The van der Waals surface area contributed by atoms with Crippen molar-refractivity contribution in [1.29, 1.82) is 0 Å². The molecule has 2 unspecified atom stereocenters. The van der Waals surface area contributed by atoms with Gasteiger partial charge in [-0.25, -0.2) is 0 Å². The molecule has 0 spiro atoms. The summed E-state index contributed by atoms with van der Waals surface area (Å²) in [5, 5.41) is 0. The van der Waals surface area contributed by atoms with E-state index in [1.165, 1.54) is 218 Å². The van der Waals surface area contributed by atoms with Gasteiger partial charge in [0.25, 0.3) is 0 Å². The average Bonchev–Trinajstić information content (AvgIpc) is 3.21. The maximum Gasteiger partial charge on any atom is 0 e. The van der Waals surface area contributed by atoms with E-state index in [1.807, 2.05) is 0 Å². The van der Waals surface area contributed by atoms with Gasteiger partial charge in [-0.15, -0.1) is 0 Å². The van der Waals surface area contributed by atoms with Crippen LogP contribution in [0.1, 0.15) is 323 Å². The van der Waals surface area contributed by atoms with E-state index in [-0.39, 0.29) is 27.3 Å². The quantitative estimate of drug-likeness (QED) is 0.0339. The minimum absolute atomic E-state index is 0. The van der Waals surface area contributed by atoms with Crippen LogP contribution in [0.2, 0.25) is 0 Å². The van der Waals surface area contributed by atoms with Crippen molar-refractivity contribution in [2.45, 2.75) is 334 Å². The molecule has 0 aromatic heterocycles. The zero-order chi connectivity index (χ0) is 44.7. The van der Waals surface area contributed by atoms with Gasteiger partial charge in [-0.2, -0.15) is 0 Å². The normalized spacial score (nSPS) is 12.9. The first kappa shape index (κ1) is 66.5. The Labute approximate surface area is 403 Å². The summed E-state index contributed by atoms with van der Waals surface area (Å²) in [4.78, 5) is 46.4. The van der Waals surface area contributed by atoms with Crippen LogP contribution in [0.15, 0.2) is 0 Å². The molecule has 368 valence electrons. The van der Waals surface area contributed by atoms with Crippen molar-refractivity contribution < 1.29 is 28.7 Å². The first-order chi connectivity index (χ1) is 29.0. The second kappa shape index (κ2) is 52.2. The zero-order valence-electron chi connectivity index (χ0n) is 41.5. The van der Waals surface area contributed by atoms with Gasteiger partial charge in [-0.05, 0) is 37.0 Å². The molecule has 4 radical (unpaired) electrons. The van der Waals surface area contributed by atoms with Gasteiger partial charge < -0.3 is 28.7 Å². The molecule has 0 heterocycles. The molecule has 0 fully saturated rings. The van der Waals surface area contributed by atoms with E-state index in [0.717, 1.165) is 51.4 Å². The van der Waals surface area contributed by atoms with Crippen LogP contribution >= 0.6 is 15.2 Å². The van der Waals surface area contributed by atoms with Gasteiger partial charge in [-0.3, -0.25) is 0 Å². The maximum atomic E-state index is 11.6. The molecule has 0 aromatic rings. The number of hydrogen-bond acceptors (Lipinski definition) is 6. The Morgan fingerprint density at radius 1 is 0.246 bits per heavy atom. The summed E-state index contributed by atoms with van der Waals surface area (Å²) in [6.45, 7) is 8.99. The molecular formula is C52H106O6P2Pb-4. The fourth-order valence-corrected chi connectivity index (χ4v) is 10.7. The van der Waals surface area contributed by atoms with Gasteiger partial charge in [-0.1, -0.05) is 313 Å². The predicted octanol–water partition coefficient (Wildman–Crippen LogP) is 16.2. The Kier molecular flexibility index (Phi) is 56.9. The third-order valence-corrected chi connectivity index (χ3v) is 15.8. The molecule has 0 saturated heterocycles. The molecule has 2 atom stereocenters. The second-order valence-electron chi connectivity index (χ2n) is 19.0. The molecule has 61 heavy (non-hydrogen) atoms. The summed E-state index contributed by atoms with van der Waals surface area (Å²) < 4.78 is 23.2. The van der Waals surface area contributed by atoms with Crippen LogP contribution < -0.4 is 19.6 Å². The van der Waals surface area contributed by atoms with Gasteiger partial charge in [0.05, 0.1) is 0 Å². The van der Waals surface area contributed by atoms with Gasteiger partial charge in [0.1, 0.15) is 0 Å². The van der Waals surface area contributed by atoms with Gasteiger partial charge in [0.2, 0.25) is 0 Å². The van der Waals surface area contributed by atoms with Crippen LogP contribution in [0.25, 0.3) is 0 Å². The van der Waals surface area contributed by atoms with Crippen LogP contribution in [0.3, 0.4) is 0 Å². The second-order valence-corrected chi connectivity index (χ2v) is 22.6. The van der Waals surface area contributed by atoms with E-state index in [1.54, 1.807) is 0 Å². The predicted molar refractivity (Wildman–Crippen MR) is 264 cm³/mol. The summed E-state index contributed by atoms with van der Waals surface area (Å²) in [5.74, 6) is 0. The third-order valence-electron chi connectivity index (χ3n) is 13.0. The van der Waals surface area contributed by atoms with Crippen molar-refractivity contribution >= 4 is 42.5 Å². The molecule has 0 saturated carbocycles. The summed E-state index contributed by atoms with van der Waals surface area (Å²) in [7, 11) is -8.87. The van der Waals surface area contributed by atoms with Crippen LogP contribution in [-0.4, -0.2) is 38.6 Å². The van der Waals surface area contributed by atoms with Crippen LogP contribution in [0, 0.1) is 0 Å². The number of unbranched alkanes of at least 4 members (excludes halogenated alkanes) is 38. The Balaban J connectivity index is -0.00000109. The zero-order valence-corrected chi connectivity index (χ0v) is 47.2. The Morgan fingerprint density at radius 2 is 0.361 bits per heavy atom. The van der Waals surface area contributed by atoms with Crippen LogP contribution in [-0.2, 0) is 9.13 Å². The molecule has 0 N–H and O–H groups in total. The SMILES string of the molecule is CCCCCCCCCCCCCC(CCCCCCCCCCCC)P(=O)([O-])[O-].CCCCCCCCCCCCCC(CCCCCCCCCCCC)P(=O)([O-])[O-].[Pb]. The molecule has 0 aliphatic heterocycles. The van der Waals surface area contributed by atoms with Crippen LogP contribution in [0.4, 0.5) is 0 Å². The van der Waals surface area contributed by atoms with Gasteiger partial charge in [0.15, 0.2) is 0 Å². The monoisotopic (exact) mass is 1100 g/mol. The minimum atomic E-state index is -4.43. The smallest absolute Gasteiger partial charge is 0 e. The van der Waals surface area contributed by atoms with Crippen LogP contribution in [0.5, 0.6) is 0 Å². The van der Waals surface area contributed by atoms with E-state index in [0.29, 0.717) is 25.7 Å². The van der Waals surface area contributed by atoms with Gasteiger partial charge >= 0.3 is 0 Å². The van der Waals surface area contributed by atoms with Crippen molar-refractivity contribution in [3.8, 4) is 0 Å². The Hall–Kier alpha value is 1.22. The van der Waals surface area contributed by atoms with Crippen molar-refractivity contribution in [2.24, 2.45) is 0 Å². The first-order valence-corrected chi connectivity index (χ1v) is 30.3. The Morgan fingerprint density at radius 3 is 0.475 bits per heavy atom. The Bertz CT molecular complexity index is 840. The van der Waals surface area contributed by atoms with E-state index < -0.39 is 26.5 Å². The first-order valence-electron chi connectivity index (χ1n) is 27.1. The molecule has 9 heteroatoms. The van der Waals surface area contributed by atoms with Crippen molar-refractivity contribution in [3.63, 3.8) is 0 Å². The average molecular weight is 1100 g/mol. The summed E-state index contributed by atoms with van der Waals surface area (Å²) >= 11 is 0. The van der Waals surface area contributed by atoms with E-state index in [9.17, 15) is 28.7 Å². The fourth-order valence-electron chi connectivity index (χ4n) is 8.74. The summed E-state index contributed by atoms with van der Waals surface area (Å²) in [5.41, 5.74) is -1.24. The molecule has 0 bridgehead atoms. The fraction of sp³-hybridized carbons (Fsp3) is 1.00. The minimum Gasteiger partial charge on any atom is -0.811 e. The summed E-state index contributed by atoms with van der Waals surface area (Å²) in [6, 6.07) is 0. The standard InChI is InChI=1S/2C26H55O3P.Pb/c2*1-3-5-7-9-11-13-15-17-19-21-23-25-26(30(27,28)29)24-22-20-18-16-14-12-10-8-6-4-2;/h2*26H,3-25H2,1-2H3,(H2,27,28,29);/p-4. The molecule has 0 aliphatic carbocycles. The largest absolute Gasteiger partial charge is 0.811 e. The van der Waals surface area contributed by atoms with E-state index >= 15 is 0 Å². The van der Waals surface area contributed by atoms with E-state index in [2.05, 4.69) is 27.7 Å². The number of rotatable bonds is 48. The molecule has 6 nitrogen and oxygen atoms in total. The topological polar surface area (TPSA) is 126 Å². The number of hydrogen-bond donors (Lipinski definition) is 0. The molecule has 0 aliphatic rings. The summed E-state index contributed by atoms with van der Waals surface area (Å²) in [6.07, 6.45) is 54.7. The molecular weight excluding hydrogens is 990 g/mol. The van der Waals surface area contributed by atoms with Crippen molar-refractivity contribution in [2.75, 3.05) is 0 Å². The molecule has 0 rings (SSSR count). The van der Waals surface area contributed by atoms with E-state index in [4.69, 9.17) is 0 Å². The van der Waals surface area contributed by atoms with Crippen molar-refractivity contribution in [1.82, 2.24) is 0 Å². The van der Waals surface area contributed by atoms with Gasteiger partial charge in [0, 0.05) is 27.3 Å². The third kappa shape index (κ3) is 53.7. The molecule has 0 aromatic carbocycles. The van der Waals surface area contributed by atoms with Crippen molar-refractivity contribution in [3.05, 3.63) is 0 Å².